The summed E-state index contributed by atoms with van der Waals surface area (Å²) < 4.78 is 16.5. The molecule has 1 N–H and O–H groups in total. The Bertz CT molecular complexity index is 671. The molecule has 1 atom stereocenters. The fraction of sp³-hybridized carbons (Fsp3) is 0.133. The summed E-state index contributed by atoms with van der Waals surface area (Å²) in [6, 6.07) is 13.7. The SMILES string of the molecule is COC(=O)c1ccc(-c2ccccc2P(C)(=O)O)cc1. The van der Waals surface area contributed by atoms with Crippen molar-refractivity contribution >= 4 is 18.6 Å². The van der Waals surface area contributed by atoms with Gasteiger partial charge >= 0.3 is 5.97 Å². The molecule has 0 bridgehead atoms. The summed E-state index contributed by atoms with van der Waals surface area (Å²) in [6.45, 7) is 1.31. The van der Waals surface area contributed by atoms with Gasteiger partial charge in [0.2, 0.25) is 7.37 Å². The number of hydrogen-bond donors (Lipinski definition) is 1. The van der Waals surface area contributed by atoms with Crippen molar-refractivity contribution in [3.8, 4) is 11.1 Å². The second-order valence-electron chi connectivity index (χ2n) is 4.47. The second-order valence-corrected chi connectivity index (χ2v) is 6.71. The van der Waals surface area contributed by atoms with E-state index in [1.54, 1.807) is 42.5 Å². The molecule has 0 spiro atoms. The zero-order valence-electron chi connectivity index (χ0n) is 11.2. The van der Waals surface area contributed by atoms with Crippen LogP contribution in [0.3, 0.4) is 0 Å². The molecule has 0 aromatic heterocycles. The number of carbonyl (C=O) groups excluding carboxylic acids is 1. The Kier molecular flexibility index (Phi) is 4.07. The quantitative estimate of drug-likeness (QED) is 0.697. The van der Waals surface area contributed by atoms with Gasteiger partial charge in [0.1, 0.15) is 0 Å². The first-order chi connectivity index (χ1) is 9.43. The van der Waals surface area contributed by atoms with Crippen LogP contribution in [0.25, 0.3) is 11.1 Å². The number of benzene rings is 2. The molecular weight excluding hydrogens is 275 g/mol. The van der Waals surface area contributed by atoms with E-state index in [0.29, 0.717) is 16.4 Å². The van der Waals surface area contributed by atoms with Gasteiger partial charge in [-0.15, -0.1) is 0 Å². The topological polar surface area (TPSA) is 63.6 Å². The van der Waals surface area contributed by atoms with Crippen LogP contribution in [0, 0.1) is 0 Å². The van der Waals surface area contributed by atoms with Gasteiger partial charge in [-0.1, -0.05) is 30.3 Å². The van der Waals surface area contributed by atoms with E-state index in [1.807, 2.05) is 6.07 Å². The van der Waals surface area contributed by atoms with Crippen LogP contribution in [0.5, 0.6) is 0 Å². The Balaban J connectivity index is 2.48. The highest BCUT2D eigenvalue weighted by molar-refractivity contribution is 7.65. The molecule has 104 valence electrons. The Morgan fingerprint density at radius 1 is 1.10 bits per heavy atom. The summed E-state index contributed by atoms with van der Waals surface area (Å²) in [4.78, 5) is 21.2. The summed E-state index contributed by atoms with van der Waals surface area (Å²) in [5, 5.41) is 0.408. The number of esters is 1. The van der Waals surface area contributed by atoms with E-state index < -0.39 is 13.3 Å². The number of methoxy groups -OCH3 is 1. The molecule has 4 nitrogen and oxygen atoms in total. The maximum Gasteiger partial charge on any atom is 0.337 e. The van der Waals surface area contributed by atoms with Crippen molar-refractivity contribution in [1.82, 2.24) is 0 Å². The molecule has 0 aliphatic heterocycles. The minimum absolute atomic E-state index is 0.408. The average Bonchev–Trinajstić information content (AvgIpc) is 2.46. The highest BCUT2D eigenvalue weighted by Gasteiger charge is 2.18. The van der Waals surface area contributed by atoms with E-state index in [0.717, 1.165) is 5.56 Å². The van der Waals surface area contributed by atoms with Crippen molar-refractivity contribution in [2.75, 3.05) is 13.8 Å². The molecule has 0 aliphatic carbocycles. The van der Waals surface area contributed by atoms with E-state index in [2.05, 4.69) is 4.74 Å². The summed E-state index contributed by atoms with van der Waals surface area (Å²) in [5.74, 6) is -0.409. The lowest BCUT2D eigenvalue weighted by molar-refractivity contribution is 0.0600. The largest absolute Gasteiger partial charge is 0.465 e. The van der Waals surface area contributed by atoms with E-state index in [1.165, 1.54) is 13.8 Å². The van der Waals surface area contributed by atoms with Gasteiger partial charge in [0.15, 0.2) is 0 Å². The summed E-state index contributed by atoms with van der Waals surface area (Å²) in [5.41, 5.74) is 1.92. The van der Waals surface area contributed by atoms with Crippen LogP contribution in [0.4, 0.5) is 0 Å². The number of hydrogen-bond acceptors (Lipinski definition) is 3. The van der Waals surface area contributed by atoms with E-state index >= 15 is 0 Å². The molecular formula is C15H15O4P. The molecule has 0 heterocycles. The van der Waals surface area contributed by atoms with Crippen LogP contribution in [0.15, 0.2) is 48.5 Å². The molecule has 2 aromatic rings. The maximum atomic E-state index is 11.9. The van der Waals surface area contributed by atoms with E-state index in [-0.39, 0.29) is 0 Å². The molecule has 0 radical (unpaired) electrons. The zero-order chi connectivity index (χ0) is 14.8. The van der Waals surface area contributed by atoms with Crippen LogP contribution >= 0.6 is 7.37 Å². The summed E-state index contributed by atoms with van der Waals surface area (Å²) in [6.07, 6.45) is 0. The number of rotatable bonds is 3. The van der Waals surface area contributed by atoms with Crippen LogP contribution in [0.2, 0.25) is 0 Å². The fourth-order valence-electron chi connectivity index (χ4n) is 1.98. The molecule has 20 heavy (non-hydrogen) atoms. The number of ether oxygens (including phenoxy) is 1. The van der Waals surface area contributed by atoms with Crippen molar-refractivity contribution in [1.29, 1.82) is 0 Å². The Morgan fingerprint density at radius 3 is 2.25 bits per heavy atom. The average molecular weight is 290 g/mol. The van der Waals surface area contributed by atoms with Gasteiger partial charge in [-0.3, -0.25) is 4.57 Å². The first-order valence-electron chi connectivity index (χ1n) is 6.02. The van der Waals surface area contributed by atoms with Gasteiger partial charge in [-0.25, -0.2) is 4.79 Å². The monoisotopic (exact) mass is 290 g/mol. The van der Waals surface area contributed by atoms with E-state index in [9.17, 15) is 14.3 Å². The lowest BCUT2D eigenvalue weighted by atomic mass is 10.0. The Hall–Kier alpha value is -1.90. The summed E-state index contributed by atoms with van der Waals surface area (Å²) >= 11 is 0. The number of carbonyl (C=O) groups is 1. The van der Waals surface area contributed by atoms with Crippen LogP contribution < -0.4 is 5.30 Å². The van der Waals surface area contributed by atoms with Crippen molar-refractivity contribution in [2.24, 2.45) is 0 Å². The first-order valence-corrected chi connectivity index (χ1v) is 8.13. The molecule has 0 aliphatic rings. The zero-order valence-corrected chi connectivity index (χ0v) is 12.1. The van der Waals surface area contributed by atoms with Crippen molar-refractivity contribution < 1.29 is 19.0 Å². The molecule has 1 unspecified atom stereocenters. The molecule has 2 rings (SSSR count). The normalized spacial score (nSPS) is 13.6. The molecule has 2 aromatic carbocycles. The van der Waals surface area contributed by atoms with Gasteiger partial charge in [0, 0.05) is 12.0 Å². The third kappa shape index (κ3) is 2.98. The smallest absolute Gasteiger partial charge is 0.337 e. The summed E-state index contributed by atoms with van der Waals surface area (Å²) in [7, 11) is -2.03. The third-order valence-corrected chi connectivity index (χ3v) is 4.25. The minimum Gasteiger partial charge on any atom is -0.465 e. The predicted molar refractivity (Wildman–Crippen MR) is 78.6 cm³/mol. The van der Waals surface area contributed by atoms with E-state index in [4.69, 9.17) is 0 Å². The van der Waals surface area contributed by atoms with Crippen LogP contribution in [0.1, 0.15) is 10.4 Å². The molecule has 5 heteroatoms. The van der Waals surface area contributed by atoms with Gasteiger partial charge in [0.25, 0.3) is 0 Å². The molecule has 0 saturated carbocycles. The highest BCUT2D eigenvalue weighted by atomic mass is 31.2. The van der Waals surface area contributed by atoms with Gasteiger partial charge in [0.05, 0.1) is 12.7 Å². The first kappa shape index (κ1) is 14.5. The van der Waals surface area contributed by atoms with Gasteiger partial charge in [-0.2, -0.15) is 0 Å². The third-order valence-electron chi connectivity index (χ3n) is 2.97. The molecule has 0 amide bonds. The highest BCUT2D eigenvalue weighted by Crippen LogP contribution is 2.38. The van der Waals surface area contributed by atoms with Crippen LogP contribution in [-0.2, 0) is 9.30 Å². The standard InChI is InChI=1S/C15H15O4P/c1-19-15(16)12-9-7-11(8-10-12)13-5-3-4-6-14(13)20(2,17)18/h3-10H,1-2H3,(H,17,18). The Labute approximate surface area is 117 Å². The Morgan fingerprint density at radius 2 is 1.70 bits per heavy atom. The second kappa shape index (κ2) is 5.61. The lowest BCUT2D eigenvalue weighted by Gasteiger charge is -2.12. The lowest BCUT2D eigenvalue weighted by Crippen LogP contribution is -2.07. The van der Waals surface area contributed by atoms with Crippen molar-refractivity contribution in [3.63, 3.8) is 0 Å². The fourth-order valence-corrected chi connectivity index (χ4v) is 3.00. The predicted octanol–water partition coefficient (Wildman–Crippen LogP) is 2.67. The van der Waals surface area contributed by atoms with Gasteiger partial charge < -0.3 is 9.63 Å². The minimum atomic E-state index is -3.35. The molecule has 0 saturated heterocycles. The maximum absolute atomic E-state index is 11.9. The van der Waals surface area contributed by atoms with Crippen molar-refractivity contribution in [3.05, 3.63) is 54.1 Å². The van der Waals surface area contributed by atoms with Crippen LogP contribution in [-0.4, -0.2) is 24.6 Å². The molecule has 0 fully saturated rings. The van der Waals surface area contributed by atoms with Gasteiger partial charge in [-0.05, 0) is 29.3 Å². The van der Waals surface area contributed by atoms with Crippen molar-refractivity contribution in [2.45, 2.75) is 0 Å².